The van der Waals surface area contributed by atoms with Gasteiger partial charge < -0.3 is 15.1 Å². The minimum absolute atomic E-state index is 0. The van der Waals surface area contributed by atoms with Gasteiger partial charge in [-0.05, 0) is 32.4 Å². The third kappa shape index (κ3) is 7.37. The molecule has 0 aromatic carbocycles. The molecule has 5 nitrogen and oxygen atoms in total. The first-order chi connectivity index (χ1) is 11.4. The van der Waals surface area contributed by atoms with E-state index >= 15 is 0 Å². The molecule has 2 unspecified atom stereocenters. The van der Waals surface area contributed by atoms with Crippen LogP contribution < -0.4 is 10.6 Å². The third-order valence-electron chi connectivity index (χ3n) is 4.31. The first kappa shape index (κ1) is 22.6. The molecule has 0 saturated heterocycles. The molecular formula is C18H33IN4OS. The lowest BCUT2D eigenvalue weighted by Crippen LogP contribution is -2.45. The van der Waals surface area contributed by atoms with Crippen LogP contribution in [0.3, 0.4) is 0 Å². The van der Waals surface area contributed by atoms with E-state index in [-0.39, 0.29) is 29.4 Å². The number of oxazole rings is 1. The van der Waals surface area contributed by atoms with E-state index in [0.29, 0.717) is 18.5 Å². The quantitative estimate of drug-likeness (QED) is 0.374. The lowest BCUT2D eigenvalue weighted by atomic mass is 9.94. The molecule has 1 saturated carbocycles. The summed E-state index contributed by atoms with van der Waals surface area (Å²) in [6.45, 7) is 9.77. The van der Waals surface area contributed by atoms with Gasteiger partial charge in [0.1, 0.15) is 12.3 Å². The Morgan fingerprint density at radius 2 is 2.16 bits per heavy atom. The molecule has 0 aliphatic heterocycles. The van der Waals surface area contributed by atoms with Crippen molar-refractivity contribution >= 4 is 41.7 Å². The lowest BCUT2D eigenvalue weighted by Gasteiger charge is -2.29. The minimum Gasteiger partial charge on any atom is -0.443 e. The first-order valence-electron chi connectivity index (χ1n) is 8.95. The van der Waals surface area contributed by atoms with Crippen molar-refractivity contribution < 1.29 is 4.42 Å². The van der Waals surface area contributed by atoms with Crippen LogP contribution in [0.2, 0.25) is 0 Å². The smallest absolute Gasteiger partial charge is 0.216 e. The Hall–Kier alpha value is -0.440. The highest BCUT2D eigenvalue weighted by molar-refractivity contribution is 14.0. The van der Waals surface area contributed by atoms with Gasteiger partial charge in [-0.15, -0.1) is 24.0 Å². The molecule has 0 bridgehead atoms. The predicted molar refractivity (Wildman–Crippen MR) is 118 cm³/mol. The molecule has 0 amide bonds. The van der Waals surface area contributed by atoms with Crippen LogP contribution in [0.5, 0.6) is 0 Å². The molecule has 144 valence electrons. The fraction of sp³-hybridized carbons (Fsp3) is 0.778. The van der Waals surface area contributed by atoms with Crippen LogP contribution in [-0.2, 0) is 12.0 Å². The van der Waals surface area contributed by atoms with Crippen molar-refractivity contribution in [1.29, 1.82) is 0 Å². The van der Waals surface area contributed by atoms with E-state index in [0.717, 1.165) is 23.5 Å². The maximum atomic E-state index is 5.82. The van der Waals surface area contributed by atoms with Gasteiger partial charge in [0.05, 0.1) is 6.20 Å². The number of nitrogens with one attached hydrogen (secondary N) is 2. The van der Waals surface area contributed by atoms with Crippen molar-refractivity contribution in [2.75, 3.05) is 12.8 Å². The van der Waals surface area contributed by atoms with Crippen molar-refractivity contribution in [1.82, 2.24) is 15.6 Å². The highest BCUT2D eigenvalue weighted by Gasteiger charge is 2.22. The number of thioether (sulfide) groups is 1. The van der Waals surface area contributed by atoms with Crippen molar-refractivity contribution in [2.45, 2.75) is 76.6 Å². The summed E-state index contributed by atoms with van der Waals surface area (Å²) < 4.78 is 5.82. The lowest BCUT2D eigenvalue weighted by molar-refractivity contribution is 0.382. The monoisotopic (exact) mass is 480 g/mol. The Bertz CT molecular complexity index is 541. The number of guanidine groups is 1. The minimum atomic E-state index is -0.0212. The molecule has 2 N–H and O–H groups in total. The topological polar surface area (TPSA) is 62.5 Å². The summed E-state index contributed by atoms with van der Waals surface area (Å²) in [5.74, 6) is 2.43. The number of aliphatic imine (C=N–C) groups is 1. The van der Waals surface area contributed by atoms with E-state index < -0.39 is 0 Å². The van der Waals surface area contributed by atoms with Gasteiger partial charge >= 0.3 is 0 Å². The second-order valence-electron chi connectivity index (χ2n) is 7.43. The molecule has 0 radical (unpaired) electrons. The Morgan fingerprint density at radius 3 is 2.76 bits per heavy atom. The third-order valence-corrected chi connectivity index (χ3v) is 5.40. The average molecular weight is 480 g/mol. The normalized spacial score (nSPS) is 21.6. The maximum absolute atomic E-state index is 5.82. The van der Waals surface area contributed by atoms with Crippen LogP contribution in [0.25, 0.3) is 0 Å². The summed E-state index contributed by atoms with van der Waals surface area (Å²) in [4.78, 5) is 9.01. The Kier molecular flexibility index (Phi) is 9.62. The van der Waals surface area contributed by atoms with Crippen molar-refractivity contribution in [3.63, 3.8) is 0 Å². The molecule has 1 fully saturated rings. The molecule has 25 heavy (non-hydrogen) atoms. The van der Waals surface area contributed by atoms with Crippen molar-refractivity contribution in [2.24, 2.45) is 4.99 Å². The number of hydrogen-bond donors (Lipinski definition) is 2. The molecule has 1 aliphatic rings. The number of aromatic nitrogens is 1. The van der Waals surface area contributed by atoms with E-state index in [2.05, 4.69) is 54.6 Å². The maximum Gasteiger partial charge on any atom is 0.216 e. The second kappa shape index (κ2) is 10.6. The molecule has 1 aromatic rings. The predicted octanol–water partition coefficient (Wildman–Crippen LogP) is 4.32. The van der Waals surface area contributed by atoms with E-state index in [9.17, 15) is 0 Å². The standard InChI is InChI=1S/C18H32N4OS.HI/c1-6-19-17(22-13-8-7-9-14(10-13)24-5)21-12-16-20-11-15(23-16)18(2,3)4;/h11,13-14H,6-10,12H2,1-5H3,(H2,19,21,22);1H. The van der Waals surface area contributed by atoms with Crippen LogP contribution in [0.1, 0.15) is 65.0 Å². The molecule has 0 spiro atoms. The number of halogens is 1. The van der Waals surface area contributed by atoms with E-state index in [1.807, 2.05) is 18.0 Å². The Balaban J connectivity index is 0.00000312. The molecule has 7 heteroatoms. The van der Waals surface area contributed by atoms with Gasteiger partial charge in [-0.2, -0.15) is 11.8 Å². The summed E-state index contributed by atoms with van der Waals surface area (Å²) in [6.07, 6.45) is 9.07. The first-order valence-corrected chi connectivity index (χ1v) is 10.2. The zero-order chi connectivity index (χ0) is 17.6. The average Bonchev–Trinajstić information content (AvgIpc) is 3.02. The zero-order valence-corrected chi connectivity index (χ0v) is 19.2. The number of nitrogens with zero attached hydrogens (tertiary/aromatic N) is 2. The van der Waals surface area contributed by atoms with Crippen LogP contribution in [0.15, 0.2) is 15.6 Å². The van der Waals surface area contributed by atoms with E-state index in [4.69, 9.17) is 4.42 Å². The van der Waals surface area contributed by atoms with Crippen LogP contribution in [-0.4, -0.2) is 35.0 Å². The summed E-state index contributed by atoms with van der Waals surface area (Å²) >= 11 is 1.98. The summed E-state index contributed by atoms with van der Waals surface area (Å²) in [5.41, 5.74) is -0.0212. The molecule has 1 aromatic heterocycles. The largest absolute Gasteiger partial charge is 0.443 e. The molecule has 2 atom stereocenters. The molecule has 1 heterocycles. The zero-order valence-electron chi connectivity index (χ0n) is 16.1. The summed E-state index contributed by atoms with van der Waals surface area (Å²) in [6, 6.07) is 0.503. The number of hydrogen-bond acceptors (Lipinski definition) is 4. The number of rotatable bonds is 5. The fourth-order valence-corrected chi connectivity index (χ4v) is 3.71. The van der Waals surface area contributed by atoms with Crippen LogP contribution in [0, 0.1) is 0 Å². The van der Waals surface area contributed by atoms with Gasteiger partial charge in [0, 0.05) is 23.3 Å². The van der Waals surface area contributed by atoms with Gasteiger partial charge in [0.15, 0.2) is 5.96 Å². The SMILES string of the molecule is CCNC(=NCc1ncc(C(C)(C)C)o1)NC1CCCC(SC)C1.I. The second-order valence-corrected chi connectivity index (χ2v) is 8.57. The highest BCUT2D eigenvalue weighted by Crippen LogP contribution is 2.27. The van der Waals surface area contributed by atoms with Crippen LogP contribution in [0.4, 0.5) is 0 Å². The van der Waals surface area contributed by atoms with Gasteiger partial charge in [-0.1, -0.05) is 27.2 Å². The van der Waals surface area contributed by atoms with Crippen molar-refractivity contribution in [3.05, 3.63) is 17.8 Å². The molecular weight excluding hydrogens is 447 g/mol. The fourth-order valence-electron chi connectivity index (χ4n) is 2.88. The van der Waals surface area contributed by atoms with Gasteiger partial charge in [0.2, 0.25) is 5.89 Å². The van der Waals surface area contributed by atoms with Crippen molar-refractivity contribution in [3.8, 4) is 0 Å². The highest BCUT2D eigenvalue weighted by atomic mass is 127. The van der Waals surface area contributed by atoms with Gasteiger partial charge in [0.25, 0.3) is 0 Å². The molecule has 1 aliphatic carbocycles. The Morgan fingerprint density at radius 1 is 1.40 bits per heavy atom. The van der Waals surface area contributed by atoms with E-state index in [1.165, 1.54) is 25.7 Å². The summed E-state index contributed by atoms with van der Waals surface area (Å²) in [7, 11) is 0. The Labute approximate surface area is 173 Å². The van der Waals surface area contributed by atoms with Gasteiger partial charge in [-0.3, -0.25) is 0 Å². The molecule has 2 rings (SSSR count). The van der Waals surface area contributed by atoms with Crippen LogP contribution >= 0.6 is 35.7 Å². The van der Waals surface area contributed by atoms with E-state index in [1.54, 1.807) is 0 Å². The van der Waals surface area contributed by atoms with Gasteiger partial charge in [-0.25, -0.2) is 9.98 Å². The summed E-state index contributed by atoms with van der Waals surface area (Å²) in [5, 5.41) is 7.68.